The number of fused-ring (bicyclic) bond motifs is 1. The summed E-state index contributed by atoms with van der Waals surface area (Å²) in [7, 11) is 0. The number of hydrogen-bond donors (Lipinski definition) is 0. The normalized spacial score (nSPS) is 12.8. The van der Waals surface area contributed by atoms with Crippen LogP contribution in [-0.2, 0) is 12.4 Å². The number of furan rings is 1. The predicted molar refractivity (Wildman–Crippen MR) is 71.7 cm³/mol. The van der Waals surface area contributed by atoms with Crippen molar-refractivity contribution in [2.75, 3.05) is 0 Å². The molecule has 0 radical (unpaired) electrons. The smallest absolute Gasteiger partial charge is 0.417 e. The lowest BCUT2D eigenvalue weighted by atomic mass is 9.96. The Labute approximate surface area is 126 Å². The fraction of sp³-hybridized carbons (Fsp3) is 0.125. The maximum Gasteiger partial charge on any atom is 0.417 e. The highest BCUT2D eigenvalue weighted by molar-refractivity contribution is 5.95. The van der Waals surface area contributed by atoms with Crippen LogP contribution < -0.4 is 0 Å². The van der Waals surface area contributed by atoms with E-state index in [9.17, 15) is 26.3 Å². The Balaban J connectivity index is 2.41. The average Bonchev–Trinajstić information content (AvgIpc) is 2.88. The first-order valence-electron chi connectivity index (χ1n) is 6.43. The lowest BCUT2D eigenvalue weighted by molar-refractivity contribution is -0.142. The molecule has 0 bridgehead atoms. The standard InChI is InChI=1S/C16H8F6O/c17-15(18,19)11-6-3-7-12(16(20,21)22)13(11)14-10-5-2-1-4-9(10)8-23-14/h1-8H. The lowest BCUT2D eigenvalue weighted by Gasteiger charge is -2.17. The molecule has 7 heteroatoms. The van der Waals surface area contributed by atoms with Gasteiger partial charge in [0.2, 0.25) is 0 Å². The second-order valence-electron chi connectivity index (χ2n) is 4.88. The van der Waals surface area contributed by atoms with Crippen LogP contribution in [0.5, 0.6) is 0 Å². The Morgan fingerprint density at radius 3 is 1.83 bits per heavy atom. The van der Waals surface area contributed by atoms with Gasteiger partial charge in [-0.2, -0.15) is 26.3 Å². The first-order valence-corrected chi connectivity index (χ1v) is 6.43. The van der Waals surface area contributed by atoms with Crippen LogP contribution in [0.2, 0.25) is 0 Å². The van der Waals surface area contributed by atoms with Crippen LogP contribution in [0.1, 0.15) is 11.1 Å². The van der Waals surface area contributed by atoms with Gasteiger partial charge >= 0.3 is 12.4 Å². The van der Waals surface area contributed by atoms with Gasteiger partial charge in [0.15, 0.2) is 0 Å². The van der Waals surface area contributed by atoms with Crippen LogP contribution in [-0.4, -0.2) is 0 Å². The number of hydrogen-bond acceptors (Lipinski definition) is 1. The molecule has 23 heavy (non-hydrogen) atoms. The Hall–Kier alpha value is -2.44. The first-order chi connectivity index (χ1) is 10.7. The molecule has 0 aliphatic heterocycles. The highest BCUT2D eigenvalue weighted by atomic mass is 19.4. The molecule has 0 aliphatic carbocycles. The van der Waals surface area contributed by atoms with E-state index in [-0.39, 0.29) is 5.39 Å². The minimum atomic E-state index is -4.94. The highest BCUT2D eigenvalue weighted by Crippen LogP contribution is 2.46. The minimum Gasteiger partial charge on any atom is -0.463 e. The zero-order valence-electron chi connectivity index (χ0n) is 11.3. The molecule has 0 aliphatic rings. The van der Waals surface area contributed by atoms with E-state index >= 15 is 0 Å². The molecule has 0 saturated carbocycles. The third kappa shape index (κ3) is 2.67. The quantitative estimate of drug-likeness (QED) is 0.489. The van der Waals surface area contributed by atoms with Crippen molar-refractivity contribution in [3.05, 3.63) is 59.9 Å². The Kier molecular flexibility index (Phi) is 3.39. The molecule has 0 N–H and O–H groups in total. The second-order valence-corrected chi connectivity index (χ2v) is 4.88. The molecule has 0 atom stereocenters. The number of rotatable bonds is 1. The van der Waals surface area contributed by atoms with E-state index in [4.69, 9.17) is 4.42 Å². The molecule has 120 valence electrons. The third-order valence-corrected chi connectivity index (χ3v) is 3.41. The molecule has 0 amide bonds. The van der Waals surface area contributed by atoms with Gasteiger partial charge in [-0.05, 0) is 12.1 Å². The maximum absolute atomic E-state index is 13.2. The van der Waals surface area contributed by atoms with E-state index in [1.807, 2.05) is 0 Å². The van der Waals surface area contributed by atoms with Gasteiger partial charge in [-0.15, -0.1) is 0 Å². The van der Waals surface area contributed by atoms with Gasteiger partial charge in [0, 0.05) is 16.3 Å². The van der Waals surface area contributed by atoms with Crippen molar-refractivity contribution in [2.45, 2.75) is 12.4 Å². The van der Waals surface area contributed by atoms with Gasteiger partial charge < -0.3 is 4.42 Å². The van der Waals surface area contributed by atoms with E-state index in [2.05, 4.69) is 0 Å². The molecule has 1 heterocycles. The summed E-state index contributed by atoms with van der Waals surface area (Å²) in [6, 6.07) is 8.06. The van der Waals surface area contributed by atoms with Crippen LogP contribution >= 0.6 is 0 Å². The fourth-order valence-corrected chi connectivity index (χ4v) is 2.46. The van der Waals surface area contributed by atoms with Crippen LogP contribution in [0.25, 0.3) is 22.1 Å². The van der Waals surface area contributed by atoms with Crippen molar-refractivity contribution >= 4 is 10.8 Å². The van der Waals surface area contributed by atoms with Crippen LogP contribution in [0, 0.1) is 0 Å². The van der Waals surface area contributed by atoms with Crippen LogP contribution in [0.15, 0.2) is 53.1 Å². The van der Waals surface area contributed by atoms with Crippen molar-refractivity contribution in [1.29, 1.82) is 0 Å². The van der Waals surface area contributed by atoms with Crippen molar-refractivity contribution in [1.82, 2.24) is 0 Å². The molecule has 1 aromatic heterocycles. The Bertz CT molecular complexity index is 825. The largest absolute Gasteiger partial charge is 0.463 e. The maximum atomic E-state index is 13.2. The zero-order valence-corrected chi connectivity index (χ0v) is 11.3. The number of benzene rings is 2. The summed E-state index contributed by atoms with van der Waals surface area (Å²) < 4.78 is 84.3. The minimum absolute atomic E-state index is 0.190. The summed E-state index contributed by atoms with van der Waals surface area (Å²) in [4.78, 5) is 0. The molecular formula is C16H8F6O. The van der Waals surface area contributed by atoms with Crippen molar-refractivity contribution in [2.24, 2.45) is 0 Å². The fourth-order valence-electron chi connectivity index (χ4n) is 2.46. The first kappa shape index (κ1) is 15.5. The number of alkyl halides is 6. The van der Waals surface area contributed by atoms with E-state index in [1.165, 1.54) is 12.1 Å². The Morgan fingerprint density at radius 1 is 0.696 bits per heavy atom. The summed E-state index contributed by atoms with van der Waals surface area (Å²) >= 11 is 0. The van der Waals surface area contributed by atoms with E-state index in [0.717, 1.165) is 12.3 Å². The summed E-state index contributed by atoms with van der Waals surface area (Å²) in [5.41, 5.74) is -3.76. The zero-order chi connectivity index (χ0) is 16.8. The summed E-state index contributed by atoms with van der Waals surface area (Å²) in [5, 5.41) is 0.613. The molecule has 0 fully saturated rings. The topological polar surface area (TPSA) is 13.1 Å². The van der Waals surface area contributed by atoms with Gasteiger partial charge in [0.1, 0.15) is 5.76 Å². The summed E-state index contributed by atoms with van der Waals surface area (Å²) in [6.45, 7) is 0. The molecule has 0 saturated heterocycles. The third-order valence-electron chi connectivity index (χ3n) is 3.41. The lowest BCUT2D eigenvalue weighted by Crippen LogP contribution is -2.13. The van der Waals surface area contributed by atoms with E-state index < -0.39 is 34.8 Å². The Morgan fingerprint density at radius 2 is 1.26 bits per heavy atom. The van der Waals surface area contributed by atoms with Gasteiger partial charge in [-0.25, -0.2) is 0 Å². The number of halogens is 6. The van der Waals surface area contributed by atoms with Gasteiger partial charge in [0.05, 0.1) is 17.4 Å². The average molecular weight is 330 g/mol. The molecule has 1 nitrogen and oxygen atoms in total. The molecule has 0 spiro atoms. The highest BCUT2D eigenvalue weighted by Gasteiger charge is 2.42. The van der Waals surface area contributed by atoms with Crippen molar-refractivity contribution < 1.29 is 30.8 Å². The van der Waals surface area contributed by atoms with E-state index in [1.54, 1.807) is 12.1 Å². The molecule has 0 unspecified atom stereocenters. The molecule has 2 aromatic carbocycles. The summed E-state index contributed by atoms with van der Waals surface area (Å²) in [6.07, 6.45) is -8.74. The second kappa shape index (κ2) is 5.04. The van der Waals surface area contributed by atoms with Gasteiger partial charge in [0.25, 0.3) is 0 Å². The van der Waals surface area contributed by atoms with Crippen molar-refractivity contribution in [3.8, 4) is 11.3 Å². The predicted octanol–water partition coefficient (Wildman–Crippen LogP) is 6.14. The van der Waals surface area contributed by atoms with Gasteiger partial charge in [-0.3, -0.25) is 0 Å². The molecule has 3 rings (SSSR count). The van der Waals surface area contributed by atoms with Crippen LogP contribution in [0.3, 0.4) is 0 Å². The van der Waals surface area contributed by atoms with Gasteiger partial charge in [-0.1, -0.05) is 30.3 Å². The van der Waals surface area contributed by atoms with Crippen LogP contribution in [0.4, 0.5) is 26.3 Å². The molecular weight excluding hydrogens is 322 g/mol. The summed E-state index contributed by atoms with van der Waals surface area (Å²) in [5.74, 6) is -0.444. The van der Waals surface area contributed by atoms with Crippen molar-refractivity contribution in [3.63, 3.8) is 0 Å². The SMILES string of the molecule is FC(F)(F)c1cccc(C(F)(F)F)c1-c1occ2ccccc12. The monoisotopic (exact) mass is 330 g/mol. The van der Waals surface area contributed by atoms with E-state index in [0.29, 0.717) is 17.5 Å². The molecule has 3 aromatic rings.